The molecular weight excluding hydrogens is 618 g/mol. The fraction of sp³-hybridized carbons (Fsp3) is 0.429. The zero-order valence-corrected chi connectivity index (χ0v) is 23.1. The first-order valence-corrected chi connectivity index (χ1v) is 14.5. The van der Waals surface area contributed by atoms with Crippen molar-refractivity contribution in [1.29, 1.82) is 0 Å². The third-order valence-electron chi connectivity index (χ3n) is 6.56. The van der Waals surface area contributed by atoms with E-state index in [1.54, 1.807) is 0 Å². The van der Waals surface area contributed by atoms with Gasteiger partial charge in [0.25, 0.3) is 0 Å². The van der Waals surface area contributed by atoms with Gasteiger partial charge < -0.3 is 9.80 Å². The van der Waals surface area contributed by atoms with Crippen LogP contribution in [0.5, 0.6) is 0 Å². The monoisotopic (exact) mass is 652 g/mol. The predicted molar refractivity (Wildman–Crippen MR) is 155 cm³/mol. The molecule has 2 aromatic carbocycles. The smallest absolute Gasteiger partial charge is 0.0807 e. The van der Waals surface area contributed by atoms with Crippen molar-refractivity contribution in [1.82, 2.24) is 9.80 Å². The van der Waals surface area contributed by atoms with Gasteiger partial charge in [-0.05, 0) is 47.2 Å². The molecule has 4 rings (SSSR count). The van der Waals surface area contributed by atoms with Crippen molar-refractivity contribution in [3.63, 3.8) is 0 Å². The van der Waals surface area contributed by atoms with Crippen LogP contribution in [0.4, 0.5) is 0 Å². The van der Waals surface area contributed by atoms with Crippen molar-refractivity contribution in [3.8, 4) is 0 Å². The molecule has 0 aromatic heterocycles. The molecule has 0 fully saturated rings. The Hall–Kier alpha value is -1.02. The summed E-state index contributed by atoms with van der Waals surface area (Å²) < 4.78 is 1.19. The van der Waals surface area contributed by atoms with Gasteiger partial charge in [0, 0.05) is 25.5 Å². The van der Waals surface area contributed by atoms with Crippen LogP contribution < -0.4 is 0 Å². The van der Waals surface area contributed by atoms with E-state index in [1.165, 1.54) is 73.6 Å². The molecule has 0 saturated heterocycles. The van der Waals surface area contributed by atoms with Gasteiger partial charge in [0.15, 0.2) is 0 Å². The quantitative estimate of drug-likeness (QED) is 0.104. The Morgan fingerprint density at radius 2 is 1.00 bits per heavy atom. The van der Waals surface area contributed by atoms with Crippen molar-refractivity contribution in [2.24, 2.45) is 0 Å². The maximum absolute atomic E-state index is 2.63. The number of alkyl halides is 2. The number of benzene rings is 2. The van der Waals surface area contributed by atoms with Gasteiger partial charge in [-0.1, -0.05) is 132 Å². The summed E-state index contributed by atoms with van der Waals surface area (Å²) >= 11 is 5.25. The first-order valence-electron chi connectivity index (χ1n) is 12.0. The lowest BCUT2D eigenvalue weighted by Gasteiger charge is -2.30. The van der Waals surface area contributed by atoms with Crippen molar-refractivity contribution in [2.45, 2.75) is 72.6 Å². The number of hydrogen-bond acceptors (Lipinski definition) is 2. The average Bonchev–Trinajstić information content (AvgIpc) is 2.84. The largest absolute Gasteiger partial charge is 0.361 e. The number of unbranched alkanes of at least 4 members (excludes halogenated alkanes) is 5. The fourth-order valence-corrected chi connectivity index (χ4v) is 6.23. The molecule has 2 heterocycles. The van der Waals surface area contributed by atoms with Crippen molar-refractivity contribution < 1.29 is 0 Å². The van der Waals surface area contributed by atoms with Gasteiger partial charge in [-0.15, -0.1) is 0 Å². The van der Waals surface area contributed by atoms with Crippen molar-refractivity contribution in [2.75, 3.05) is 0 Å². The molecule has 170 valence electrons. The van der Waals surface area contributed by atoms with E-state index < -0.39 is 0 Å². The second-order valence-corrected chi connectivity index (χ2v) is 11.8. The van der Waals surface area contributed by atoms with E-state index >= 15 is 0 Å². The van der Waals surface area contributed by atoms with Gasteiger partial charge in [0.2, 0.25) is 0 Å². The SMILES string of the molecule is IC(CCCCCCCCC(I)N1C=Cc2ccccc2C1)N1C=Cc2ccccc2C1. The molecule has 0 saturated carbocycles. The van der Waals surface area contributed by atoms with Crippen LogP contribution in [0.1, 0.15) is 73.6 Å². The molecule has 0 amide bonds. The van der Waals surface area contributed by atoms with E-state index in [0.29, 0.717) is 8.10 Å². The lowest BCUT2D eigenvalue weighted by Crippen LogP contribution is -2.27. The number of rotatable bonds is 11. The Morgan fingerprint density at radius 1 is 0.594 bits per heavy atom. The maximum Gasteiger partial charge on any atom is 0.0807 e. The van der Waals surface area contributed by atoms with Crippen LogP contribution in [-0.4, -0.2) is 17.9 Å². The summed E-state index contributed by atoms with van der Waals surface area (Å²) in [4.78, 5) is 4.99. The van der Waals surface area contributed by atoms with Crippen LogP contribution in [0.25, 0.3) is 12.2 Å². The molecule has 2 aromatic rings. The van der Waals surface area contributed by atoms with E-state index in [1.807, 2.05) is 0 Å². The summed E-state index contributed by atoms with van der Waals surface area (Å²) in [5.41, 5.74) is 5.66. The van der Waals surface area contributed by atoms with Crippen LogP contribution in [0.2, 0.25) is 0 Å². The van der Waals surface area contributed by atoms with Gasteiger partial charge in [-0.3, -0.25) is 0 Å². The zero-order valence-electron chi connectivity index (χ0n) is 18.8. The summed E-state index contributed by atoms with van der Waals surface area (Å²) in [5.74, 6) is 0. The molecule has 0 radical (unpaired) electrons. The van der Waals surface area contributed by atoms with E-state index in [-0.39, 0.29) is 0 Å². The Bertz CT molecular complexity index is 848. The Morgan fingerprint density at radius 3 is 1.47 bits per heavy atom. The highest BCUT2D eigenvalue weighted by Gasteiger charge is 2.17. The van der Waals surface area contributed by atoms with Crippen LogP contribution >= 0.6 is 45.2 Å². The van der Waals surface area contributed by atoms with Gasteiger partial charge in [-0.25, -0.2) is 0 Å². The topological polar surface area (TPSA) is 6.48 Å². The Balaban J connectivity index is 1.05. The summed E-state index contributed by atoms with van der Waals surface area (Å²) in [6.07, 6.45) is 19.9. The van der Waals surface area contributed by atoms with Crippen molar-refractivity contribution in [3.05, 3.63) is 83.2 Å². The van der Waals surface area contributed by atoms with E-state index in [2.05, 4.69) is 128 Å². The van der Waals surface area contributed by atoms with Crippen LogP contribution in [0.15, 0.2) is 60.9 Å². The predicted octanol–water partition coefficient (Wildman–Crippen LogP) is 8.60. The summed E-state index contributed by atoms with van der Waals surface area (Å²) in [6.45, 7) is 2.10. The number of nitrogens with zero attached hydrogens (tertiary/aromatic N) is 2. The Kier molecular flexibility index (Phi) is 9.38. The second kappa shape index (κ2) is 12.4. The average molecular weight is 652 g/mol. The highest BCUT2D eigenvalue weighted by atomic mass is 127. The lowest BCUT2D eigenvalue weighted by atomic mass is 10.0. The summed E-state index contributed by atoms with van der Waals surface area (Å²) in [7, 11) is 0. The highest BCUT2D eigenvalue weighted by molar-refractivity contribution is 14.1. The molecule has 0 N–H and O–H groups in total. The molecule has 0 bridgehead atoms. The molecule has 0 aliphatic carbocycles. The molecule has 2 atom stereocenters. The molecule has 2 aliphatic heterocycles. The molecule has 2 aliphatic rings. The van der Waals surface area contributed by atoms with Crippen LogP contribution in [0.3, 0.4) is 0 Å². The fourth-order valence-electron chi connectivity index (χ4n) is 4.58. The number of halogens is 2. The normalized spacial score (nSPS) is 16.6. The van der Waals surface area contributed by atoms with Gasteiger partial charge in [0.05, 0.1) is 8.10 Å². The first kappa shape index (κ1) is 24.1. The highest BCUT2D eigenvalue weighted by Crippen LogP contribution is 2.27. The molecule has 2 unspecified atom stereocenters. The Labute approximate surface area is 221 Å². The first-order chi connectivity index (χ1) is 15.7. The van der Waals surface area contributed by atoms with Crippen molar-refractivity contribution >= 4 is 57.3 Å². The van der Waals surface area contributed by atoms with Gasteiger partial charge in [-0.2, -0.15) is 0 Å². The number of fused-ring (bicyclic) bond motifs is 2. The molecule has 4 heteroatoms. The minimum absolute atomic E-state index is 0.597. The molecule has 2 nitrogen and oxygen atoms in total. The molecule has 32 heavy (non-hydrogen) atoms. The van der Waals surface area contributed by atoms with E-state index in [4.69, 9.17) is 0 Å². The number of hydrogen-bond donors (Lipinski definition) is 0. The molecular formula is C28H34I2N2. The van der Waals surface area contributed by atoms with Crippen LogP contribution in [-0.2, 0) is 13.1 Å². The maximum atomic E-state index is 2.63. The van der Waals surface area contributed by atoms with Gasteiger partial charge in [0.1, 0.15) is 0 Å². The second-order valence-electron chi connectivity index (χ2n) is 8.94. The standard InChI is InChI=1S/C28H34I2N2/c29-27(31-19-17-23-11-7-9-13-25(23)21-31)15-5-3-1-2-4-6-16-28(30)32-20-18-24-12-8-10-14-26(24)22-32/h7-14,17-20,27-28H,1-6,15-16,21-22H2. The van der Waals surface area contributed by atoms with E-state index in [0.717, 1.165) is 13.1 Å². The van der Waals surface area contributed by atoms with E-state index in [9.17, 15) is 0 Å². The minimum atomic E-state index is 0.597. The summed E-state index contributed by atoms with van der Waals surface area (Å²) in [5, 5.41) is 0. The third kappa shape index (κ3) is 6.75. The lowest BCUT2D eigenvalue weighted by molar-refractivity contribution is 0.334. The van der Waals surface area contributed by atoms with Gasteiger partial charge >= 0.3 is 0 Å². The summed E-state index contributed by atoms with van der Waals surface area (Å²) in [6, 6.07) is 17.5. The van der Waals surface area contributed by atoms with Crippen LogP contribution in [0, 0.1) is 0 Å². The minimum Gasteiger partial charge on any atom is -0.361 e. The third-order valence-corrected chi connectivity index (χ3v) is 9.24. The molecule has 0 spiro atoms. The zero-order chi connectivity index (χ0) is 22.2.